The van der Waals surface area contributed by atoms with Gasteiger partial charge in [-0.05, 0) is 37.4 Å². The zero-order valence-corrected chi connectivity index (χ0v) is 14.3. The average Bonchev–Trinajstić information content (AvgIpc) is 2.96. The molecule has 134 valence electrons. The van der Waals surface area contributed by atoms with E-state index >= 15 is 0 Å². The first-order valence-electron chi connectivity index (χ1n) is 8.99. The quantitative estimate of drug-likeness (QED) is 0.895. The molecule has 4 atom stereocenters. The Bertz CT molecular complexity index is 768. The molecule has 0 unspecified atom stereocenters. The minimum absolute atomic E-state index is 0.0495. The highest BCUT2D eigenvalue weighted by molar-refractivity contribution is 5.90. The molecule has 5 rings (SSSR count). The topological polar surface area (TPSA) is 59.0 Å². The molecule has 25 heavy (non-hydrogen) atoms. The van der Waals surface area contributed by atoms with Crippen molar-refractivity contribution >= 4 is 5.78 Å². The van der Waals surface area contributed by atoms with Crippen LogP contribution in [0.3, 0.4) is 0 Å². The van der Waals surface area contributed by atoms with E-state index < -0.39 is 23.8 Å². The normalized spacial score (nSPS) is 38.3. The third kappa shape index (κ3) is 1.63. The molecule has 2 heterocycles. The summed E-state index contributed by atoms with van der Waals surface area (Å²) in [5, 5.41) is 11.9. The standard InChI is InChI=1S/C19H22FNO4/c1-24-13-3-2-11-10-14-19(23)5-4-12(22)17-18(19,15(11)16(13)25-17)6-8-21(14)9-7-20/h2-3,14,17,23H,4-10H2,1H3/t14-,17+,18+,19-/m1/s1. The van der Waals surface area contributed by atoms with Gasteiger partial charge in [-0.3, -0.25) is 9.69 Å². The molecule has 1 saturated heterocycles. The van der Waals surface area contributed by atoms with E-state index in [0.717, 1.165) is 11.1 Å². The van der Waals surface area contributed by atoms with Crippen LogP contribution in [0.2, 0.25) is 0 Å². The number of hydrogen-bond donors (Lipinski definition) is 1. The summed E-state index contributed by atoms with van der Waals surface area (Å²) in [6.07, 6.45) is 1.30. The van der Waals surface area contributed by atoms with Gasteiger partial charge in [0, 0.05) is 24.6 Å². The maximum atomic E-state index is 13.1. The first-order valence-corrected chi connectivity index (χ1v) is 8.99. The van der Waals surface area contributed by atoms with Gasteiger partial charge in [-0.1, -0.05) is 6.07 Å². The second kappa shape index (κ2) is 4.95. The van der Waals surface area contributed by atoms with Crippen molar-refractivity contribution in [1.82, 2.24) is 4.90 Å². The highest BCUT2D eigenvalue weighted by Gasteiger charge is 2.73. The molecule has 6 heteroatoms. The van der Waals surface area contributed by atoms with E-state index in [1.165, 1.54) is 0 Å². The van der Waals surface area contributed by atoms with Crippen LogP contribution in [0.1, 0.15) is 30.4 Å². The average molecular weight is 347 g/mol. The van der Waals surface area contributed by atoms with Crippen LogP contribution < -0.4 is 9.47 Å². The highest BCUT2D eigenvalue weighted by Crippen LogP contribution is 2.64. The number of halogens is 1. The van der Waals surface area contributed by atoms with Crippen molar-refractivity contribution in [3.63, 3.8) is 0 Å². The predicted molar refractivity (Wildman–Crippen MR) is 87.9 cm³/mol. The number of Topliss-reactive ketones (excluding diaryl/α,β-unsaturated/α-hetero) is 1. The predicted octanol–water partition coefficient (Wildman–Crippen LogP) is 1.39. The monoisotopic (exact) mass is 347 g/mol. The Balaban J connectivity index is 1.77. The summed E-state index contributed by atoms with van der Waals surface area (Å²) >= 11 is 0. The number of hydrogen-bond acceptors (Lipinski definition) is 5. The molecule has 2 aliphatic carbocycles. The van der Waals surface area contributed by atoms with Crippen LogP contribution >= 0.6 is 0 Å². The van der Waals surface area contributed by atoms with Crippen LogP contribution in [-0.2, 0) is 16.6 Å². The SMILES string of the molecule is COc1ccc2c3c1O[C@H]1C(=O)CC[C@@]4(O)[C@@H](C2)N(CCF)CC[C@]314. The van der Waals surface area contributed by atoms with Gasteiger partial charge < -0.3 is 14.6 Å². The van der Waals surface area contributed by atoms with E-state index in [2.05, 4.69) is 4.90 Å². The van der Waals surface area contributed by atoms with Crippen molar-refractivity contribution < 1.29 is 23.8 Å². The van der Waals surface area contributed by atoms with Crippen molar-refractivity contribution in [1.29, 1.82) is 0 Å². The summed E-state index contributed by atoms with van der Waals surface area (Å²) in [5.74, 6) is 1.28. The molecule has 2 aliphatic heterocycles. The third-order valence-electron chi connectivity index (χ3n) is 6.95. The molecule has 0 amide bonds. The number of aliphatic hydroxyl groups is 1. The molecular formula is C19H22FNO4. The lowest BCUT2D eigenvalue weighted by Gasteiger charge is -2.62. The van der Waals surface area contributed by atoms with Crippen molar-refractivity contribution in [3.8, 4) is 11.5 Å². The zero-order valence-electron chi connectivity index (χ0n) is 14.3. The van der Waals surface area contributed by atoms with Gasteiger partial charge in [-0.25, -0.2) is 4.39 Å². The van der Waals surface area contributed by atoms with Gasteiger partial charge in [-0.2, -0.15) is 0 Å². The second-order valence-corrected chi connectivity index (χ2v) is 7.69. The summed E-state index contributed by atoms with van der Waals surface area (Å²) in [5.41, 5.74) is 0.260. The van der Waals surface area contributed by atoms with Crippen molar-refractivity contribution in [2.24, 2.45) is 0 Å². The summed E-state index contributed by atoms with van der Waals surface area (Å²) in [4.78, 5) is 14.8. The molecular weight excluding hydrogens is 325 g/mol. The Morgan fingerprint density at radius 3 is 3.04 bits per heavy atom. The summed E-state index contributed by atoms with van der Waals surface area (Å²) in [7, 11) is 1.59. The Kier molecular flexibility index (Phi) is 3.08. The summed E-state index contributed by atoms with van der Waals surface area (Å²) in [6, 6.07) is 3.70. The van der Waals surface area contributed by atoms with Gasteiger partial charge in [0.05, 0.1) is 18.1 Å². The summed E-state index contributed by atoms with van der Waals surface area (Å²) < 4.78 is 24.7. The van der Waals surface area contributed by atoms with E-state index in [1.807, 2.05) is 12.1 Å². The fourth-order valence-electron chi connectivity index (χ4n) is 5.94. The number of rotatable bonds is 3. The van der Waals surface area contributed by atoms with Crippen molar-refractivity contribution in [3.05, 3.63) is 23.3 Å². The molecule has 1 aromatic carbocycles. The summed E-state index contributed by atoms with van der Waals surface area (Å²) in [6.45, 7) is 0.556. The third-order valence-corrected chi connectivity index (χ3v) is 6.95. The number of ketones is 1. The molecule has 1 spiro atoms. The second-order valence-electron chi connectivity index (χ2n) is 7.69. The number of carbonyl (C=O) groups excluding carboxylic acids is 1. The van der Waals surface area contributed by atoms with Crippen LogP contribution in [0.15, 0.2) is 12.1 Å². The fraction of sp³-hybridized carbons (Fsp3) is 0.632. The number of likely N-dealkylation sites (tertiary alicyclic amines) is 1. The highest BCUT2D eigenvalue weighted by atomic mass is 19.1. The maximum absolute atomic E-state index is 13.1. The number of methoxy groups -OCH3 is 1. The molecule has 2 fully saturated rings. The Morgan fingerprint density at radius 1 is 1.44 bits per heavy atom. The van der Waals surface area contributed by atoms with Gasteiger partial charge in [0.1, 0.15) is 6.67 Å². The molecule has 1 saturated carbocycles. The number of benzene rings is 1. The van der Waals surface area contributed by atoms with Crippen LogP contribution in [0.5, 0.6) is 11.5 Å². The van der Waals surface area contributed by atoms with Gasteiger partial charge in [-0.15, -0.1) is 0 Å². The lowest BCUT2D eigenvalue weighted by molar-refractivity contribution is -0.188. The fourth-order valence-corrected chi connectivity index (χ4v) is 5.94. The van der Waals surface area contributed by atoms with Crippen LogP contribution in [0.25, 0.3) is 0 Å². The Morgan fingerprint density at radius 2 is 2.28 bits per heavy atom. The number of nitrogens with zero attached hydrogens (tertiary/aromatic N) is 1. The Labute approximate surface area is 145 Å². The molecule has 1 aromatic rings. The first-order chi connectivity index (χ1) is 12.1. The first kappa shape index (κ1) is 15.6. The molecule has 4 aliphatic rings. The number of carbonyl (C=O) groups is 1. The molecule has 0 radical (unpaired) electrons. The van der Waals surface area contributed by atoms with Gasteiger partial charge in [0.25, 0.3) is 0 Å². The maximum Gasteiger partial charge on any atom is 0.174 e. The lowest BCUT2D eigenvalue weighted by atomic mass is 9.49. The van der Waals surface area contributed by atoms with Crippen LogP contribution in [0, 0.1) is 0 Å². The van der Waals surface area contributed by atoms with Crippen LogP contribution in [-0.4, -0.2) is 60.4 Å². The zero-order chi connectivity index (χ0) is 17.4. The van der Waals surface area contributed by atoms with Gasteiger partial charge >= 0.3 is 0 Å². The molecule has 1 N–H and O–H groups in total. The van der Waals surface area contributed by atoms with Gasteiger partial charge in [0.15, 0.2) is 23.4 Å². The number of alkyl halides is 1. The number of ether oxygens (including phenoxy) is 2. The van der Waals surface area contributed by atoms with Crippen LogP contribution in [0.4, 0.5) is 4.39 Å². The van der Waals surface area contributed by atoms with Crippen molar-refractivity contribution in [2.75, 3.05) is 26.9 Å². The largest absolute Gasteiger partial charge is 0.493 e. The van der Waals surface area contributed by atoms with E-state index in [1.54, 1.807) is 7.11 Å². The molecule has 5 nitrogen and oxygen atoms in total. The minimum Gasteiger partial charge on any atom is -0.493 e. The Hall–Kier alpha value is -1.66. The van der Waals surface area contributed by atoms with E-state index in [-0.39, 0.29) is 11.8 Å². The van der Waals surface area contributed by atoms with Gasteiger partial charge in [0.2, 0.25) is 0 Å². The minimum atomic E-state index is -1.07. The van der Waals surface area contributed by atoms with E-state index in [4.69, 9.17) is 9.47 Å². The smallest absolute Gasteiger partial charge is 0.174 e. The van der Waals surface area contributed by atoms with E-state index in [0.29, 0.717) is 50.3 Å². The molecule has 2 bridgehead atoms. The lowest BCUT2D eigenvalue weighted by Crippen LogP contribution is -2.76. The molecule has 0 aromatic heterocycles. The van der Waals surface area contributed by atoms with Crippen molar-refractivity contribution in [2.45, 2.75) is 48.8 Å². The number of piperidine rings is 1. The van der Waals surface area contributed by atoms with E-state index in [9.17, 15) is 14.3 Å².